The number of benzene rings is 1. The molecule has 1 unspecified atom stereocenters. The molecule has 2 rings (SSSR count). The minimum atomic E-state index is 0.267. The molecule has 2 N–H and O–H groups in total. The van der Waals surface area contributed by atoms with Gasteiger partial charge in [-0.3, -0.25) is 0 Å². The van der Waals surface area contributed by atoms with Crippen molar-refractivity contribution in [3.63, 3.8) is 0 Å². The molecule has 0 bridgehead atoms. The number of hydrogen-bond acceptors (Lipinski definition) is 3. The van der Waals surface area contributed by atoms with Gasteiger partial charge in [0.05, 0.1) is 0 Å². The van der Waals surface area contributed by atoms with Crippen LogP contribution in [0.3, 0.4) is 0 Å². The highest BCUT2D eigenvalue weighted by Gasteiger charge is 2.19. The van der Waals surface area contributed by atoms with Crippen LogP contribution in [0.25, 0.3) is 0 Å². The fourth-order valence-corrected chi connectivity index (χ4v) is 3.21. The SMILES string of the molecule is CCC(N)Cc1ccccc1N(C)CC1CCN(C)CC1. The lowest BCUT2D eigenvalue weighted by atomic mass is 9.95. The van der Waals surface area contributed by atoms with E-state index in [-0.39, 0.29) is 6.04 Å². The van der Waals surface area contributed by atoms with E-state index in [9.17, 15) is 0 Å². The normalized spacial score (nSPS) is 18.7. The summed E-state index contributed by atoms with van der Waals surface area (Å²) in [6.07, 6.45) is 4.65. The number of nitrogens with zero attached hydrogens (tertiary/aromatic N) is 2. The number of para-hydroxylation sites is 1. The summed E-state index contributed by atoms with van der Waals surface area (Å²) >= 11 is 0. The maximum absolute atomic E-state index is 6.15. The Hall–Kier alpha value is -1.06. The monoisotopic (exact) mass is 289 g/mol. The molecule has 1 aromatic carbocycles. The molecule has 0 radical (unpaired) electrons. The molecule has 1 fully saturated rings. The lowest BCUT2D eigenvalue weighted by molar-refractivity contribution is 0.222. The Labute approximate surface area is 130 Å². The van der Waals surface area contributed by atoms with Crippen LogP contribution in [0.2, 0.25) is 0 Å². The first-order chi connectivity index (χ1) is 10.1. The van der Waals surface area contributed by atoms with Crippen molar-refractivity contribution in [2.75, 3.05) is 38.6 Å². The zero-order valence-electron chi connectivity index (χ0n) is 13.9. The summed E-state index contributed by atoms with van der Waals surface area (Å²) in [5, 5.41) is 0. The van der Waals surface area contributed by atoms with Gasteiger partial charge in [-0.1, -0.05) is 25.1 Å². The van der Waals surface area contributed by atoms with Gasteiger partial charge in [0.25, 0.3) is 0 Å². The standard InChI is InChI=1S/C18H31N3/c1-4-17(19)13-16-7-5-6-8-18(16)21(3)14-15-9-11-20(2)12-10-15/h5-8,15,17H,4,9-14,19H2,1-3H3. The molecule has 1 aromatic rings. The molecule has 1 aliphatic rings. The Morgan fingerprint density at radius 2 is 1.95 bits per heavy atom. The largest absolute Gasteiger partial charge is 0.374 e. The van der Waals surface area contributed by atoms with Crippen molar-refractivity contribution in [3.05, 3.63) is 29.8 Å². The van der Waals surface area contributed by atoms with Crippen molar-refractivity contribution in [2.45, 2.75) is 38.6 Å². The van der Waals surface area contributed by atoms with E-state index in [1.165, 1.54) is 37.2 Å². The maximum atomic E-state index is 6.15. The van der Waals surface area contributed by atoms with Crippen molar-refractivity contribution in [3.8, 4) is 0 Å². The predicted molar refractivity (Wildman–Crippen MR) is 91.9 cm³/mol. The van der Waals surface area contributed by atoms with E-state index in [4.69, 9.17) is 5.73 Å². The van der Waals surface area contributed by atoms with Crippen molar-refractivity contribution in [2.24, 2.45) is 11.7 Å². The van der Waals surface area contributed by atoms with E-state index in [1.807, 2.05) is 0 Å². The lowest BCUT2D eigenvalue weighted by Gasteiger charge is -2.33. The third kappa shape index (κ3) is 4.72. The van der Waals surface area contributed by atoms with Gasteiger partial charge in [-0.25, -0.2) is 0 Å². The number of piperidine rings is 1. The molecule has 0 saturated carbocycles. The Morgan fingerprint density at radius 3 is 2.62 bits per heavy atom. The topological polar surface area (TPSA) is 32.5 Å². The van der Waals surface area contributed by atoms with Crippen molar-refractivity contribution in [1.82, 2.24) is 4.90 Å². The van der Waals surface area contributed by atoms with E-state index >= 15 is 0 Å². The molecular weight excluding hydrogens is 258 g/mol. The number of anilines is 1. The van der Waals surface area contributed by atoms with Crippen molar-refractivity contribution < 1.29 is 0 Å². The molecule has 3 heteroatoms. The molecule has 0 amide bonds. The Morgan fingerprint density at radius 1 is 1.29 bits per heavy atom. The molecule has 1 saturated heterocycles. The summed E-state index contributed by atoms with van der Waals surface area (Å²) in [6.45, 7) is 5.80. The summed E-state index contributed by atoms with van der Waals surface area (Å²) < 4.78 is 0. The second-order valence-corrected chi connectivity index (χ2v) is 6.63. The summed E-state index contributed by atoms with van der Waals surface area (Å²) in [5.41, 5.74) is 8.90. The minimum Gasteiger partial charge on any atom is -0.374 e. The number of likely N-dealkylation sites (tertiary alicyclic amines) is 1. The highest BCUT2D eigenvalue weighted by atomic mass is 15.1. The third-order valence-electron chi connectivity index (χ3n) is 4.78. The average Bonchev–Trinajstić information content (AvgIpc) is 2.50. The number of rotatable bonds is 6. The van der Waals surface area contributed by atoms with E-state index in [2.05, 4.69) is 55.1 Å². The maximum Gasteiger partial charge on any atom is 0.0396 e. The van der Waals surface area contributed by atoms with Crippen LogP contribution >= 0.6 is 0 Å². The Bertz CT molecular complexity index is 424. The van der Waals surface area contributed by atoms with E-state index in [1.54, 1.807) is 0 Å². The molecule has 21 heavy (non-hydrogen) atoms. The molecule has 1 heterocycles. The van der Waals surface area contributed by atoms with Gasteiger partial charge in [-0.2, -0.15) is 0 Å². The molecule has 118 valence electrons. The molecule has 0 aliphatic carbocycles. The van der Waals surface area contributed by atoms with E-state index < -0.39 is 0 Å². The quantitative estimate of drug-likeness (QED) is 0.874. The zero-order valence-corrected chi connectivity index (χ0v) is 13.9. The van der Waals surface area contributed by atoms with Gasteiger partial charge in [0.2, 0.25) is 0 Å². The molecule has 0 spiro atoms. The summed E-state index contributed by atoms with van der Waals surface area (Å²) in [4.78, 5) is 4.87. The fraction of sp³-hybridized carbons (Fsp3) is 0.667. The predicted octanol–water partition coefficient (Wildman–Crippen LogP) is 2.74. The van der Waals surface area contributed by atoms with Gasteiger partial charge in [0.15, 0.2) is 0 Å². The van der Waals surface area contributed by atoms with Crippen LogP contribution in [0.5, 0.6) is 0 Å². The average molecular weight is 289 g/mol. The van der Waals surface area contributed by atoms with Gasteiger partial charge < -0.3 is 15.5 Å². The smallest absolute Gasteiger partial charge is 0.0396 e. The van der Waals surface area contributed by atoms with Crippen molar-refractivity contribution >= 4 is 5.69 Å². The highest BCUT2D eigenvalue weighted by Crippen LogP contribution is 2.24. The van der Waals surface area contributed by atoms with Gasteiger partial charge in [-0.05, 0) is 63.4 Å². The van der Waals surface area contributed by atoms with Crippen LogP contribution in [0, 0.1) is 5.92 Å². The first-order valence-corrected chi connectivity index (χ1v) is 8.33. The summed E-state index contributed by atoms with van der Waals surface area (Å²) in [6, 6.07) is 9.01. The fourth-order valence-electron chi connectivity index (χ4n) is 3.21. The van der Waals surface area contributed by atoms with Crippen LogP contribution in [-0.2, 0) is 6.42 Å². The highest BCUT2D eigenvalue weighted by molar-refractivity contribution is 5.53. The van der Waals surface area contributed by atoms with Crippen molar-refractivity contribution in [1.29, 1.82) is 0 Å². The van der Waals surface area contributed by atoms with Crippen LogP contribution in [0.4, 0.5) is 5.69 Å². The first-order valence-electron chi connectivity index (χ1n) is 8.33. The second kappa shape index (κ2) is 7.81. The molecular formula is C18H31N3. The second-order valence-electron chi connectivity index (χ2n) is 6.63. The van der Waals surface area contributed by atoms with Crippen LogP contribution in [0.15, 0.2) is 24.3 Å². The first kappa shape index (κ1) is 16.3. The Balaban J connectivity index is 1.99. The van der Waals surface area contributed by atoms with Gasteiger partial charge in [-0.15, -0.1) is 0 Å². The number of nitrogens with two attached hydrogens (primary N) is 1. The minimum absolute atomic E-state index is 0.267. The Kier molecular flexibility index (Phi) is 6.07. The number of hydrogen-bond donors (Lipinski definition) is 1. The molecule has 1 aliphatic heterocycles. The van der Waals surface area contributed by atoms with Crippen LogP contribution in [0.1, 0.15) is 31.7 Å². The van der Waals surface area contributed by atoms with E-state index in [0.29, 0.717) is 0 Å². The van der Waals surface area contributed by atoms with Gasteiger partial charge in [0, 0.05) is 25.3 Å². The van der Waals surface area contributed by atoms with Gasteiger partial charge >= 0.3 is 0 Å². The van der Waals surface area contributed by atoms with Gasteiger partial charge in [0.1, 0.15) is 0 Å². The van der Waals surface area contributed by atoms with E-state index in [0.717, 1.165) is 25.3 Å². The van der Waals surface area contributed by atoms with Crippen LogP contribution in [-0.4, -0.2) is 44.7 Å². The molecule has 1 atom stereocenters. The van der Waals surface area contributed by atoms with Crippen LogP contribution < -0.4 is 10.6 Å². The summed E-state index contributed by atoms with van der Waals surface area (Å²) in [7, 11) is 4.45. The summed E-state index contributed by atoms with van der Waals surface area (Å²) in [5.74, 6) is 0.819. The molecule has 0 aromatic heterocycles. The third-order valence-corrected chi connectivity index (χ3v) is 4.78. The zero-order chi connectivity index (χ0) is 15.2. The lowest BCUT2D eigenvalue weighted by Crippen LogP contribution is -2.36. The molecule has 3 nitrogen and oxygen atoms in total.